The van der Waals surface area contributed by atoms with Gasteiger partial charge in [0.05, 0.1) is 12.2 Å². The van der Waals surface area contributed by atoms with E-state index in [2.05, 4.69) is 0 Å². The number of H-pyrrole nitrogens is 1. The standard InChI is InChI=1S/C10H12F2N2O6/c11-7(12)3-1-14(10(19)13-8(3)18)9-6(17)5(16)4(2-15)20-9/h1,4-7,9,15-17H,2H2,(H,13,18,19)/t4-,5?,6+,9-/m1/s1. The summed E-state index contributed by atoms with van der Waals surface area (Å²) >= 11 is 0. The molecule has 1 aliphatic rings. The summed E-state index contributed by atoms with van der Waals surface area (Å²) in [5.74, 6) is 0. The Hall–Kier alpha value is -1.62. The summed E-state index contributed by atoms with van der Waals surface area (Å²) in [7, 11) is 0. The van der Waals surface area contributed by atoms with Crippen molar-refractivity contribution in [3.05, 3.63) is 32.6 Å². The van der Waals surface area contributed by atoms with Gasteiger partial charge < -0.3 is 20.1 Å². The van der Waals surface area contributed by atoms with Gasteiger partial charge in [0.2, 0.25) is 0 Å². The molecule has 4 atom stereocenters. The number of aromatic nitrogens is 2. The highest BCUT2D eigenvalue weighted by atomic mass is 19.3. The number of ether oxygens (including phenoxy) is 1. The van der Waals surface area contributed by atoms with E-state index >= 15 is 0 Å². The molecule has 0 bridgehead atoms. The molecule has 8 nitrogen and oxygen atoms in total. The molecule has 1 aliphatic heterocycles. The van der Waals surface area contributed by atoms with E-state index in [1.165, 1.54) is 0 Å². The van der Waals surface area contributed by atoms with Gasteiger partial charge in [-0.3, -0.25) is 14.3 Å². The van der Waals surface area contributed by atoms with Crippen LogP contribution in [-0.4, -0.2) is 49.8 Å². The van der Waals surface area contributed by atoms with Gasteiger partial charge in [0.15, 0.2) is 6.23 Å². The van der Waals surface area contributed by atoms with Gasteiger partial charge in [-0.25, -0.2) is 13.6 Å². The first-order chi connectivity index (χ1) is 9.36. The van der Waals surface area contributed by atoms with Gasteiger partial charge in [0, 0.05) is 6.20 Å². The summed E-state index contributed by atoms with van der Waals surface area (Å²) in [5, 5.41) is 28.2. The molecule has 1 saturated heterocycles. The zero-order valence-electron chi connectivity index (χ0n) is 9.94. The molecule has 0 amide bonds. The molecular weight excluding hydrogens is 282 g/mol. The Balaban J connectivity index is 2.46. The highest BCUT2D eigenvalue weighted by Gasteiger charge is 2.44. The third-order valence-corrected chi connectivity index (χ3v) is 3.02. The first-order valence-electron chi connectivity index (χ1n) is 5.62. The van der Waals surface area contributed by atoms with Crippen LogP contribution in [0.25, 0.3) is 0 Å². The van der Waals surface area contributed by atoms with E-state index in [0.717, 1.165) is 0 Å². The number of aromatic amines is 1. The highest BCUT2D eigenvalue weighted by molar-refractivity contribution is 5.07. The number of hydrogen-bond donors (Lipinski definition) is 4. The minimum absolute atomic E-state index is 0.548. The van der Waals surface area contributed by atoms with Crippen LogP contribution in [0.15, 0.2) is 15.8 Å². The monoisotopic (exact) mass is 294 g/mol. The number of aliphatic hydroxyl groups excluding tert-OH is 3. The molecule has 0 saturated carbocycles. The van der Waals surface area contributed by atoms with E-state index in [1.54, 1.807) is 4.98 Å². The number of rotatable bonds is 3. The van der Waals surface area contributed by atoms with Crippen molar-refractivity contribution in [2.24, 2.45) is 0 Å². The molecule has 0 aliphatic carbocycles. The van der Waals surface area contributed by atoms with Gasteiger partial charge >= 0.3 is 5.69 Å². The van der Waals surface area contributed by atoms with Gasteiger partial charge in [0.25, 0.3) is 12.0 Å². The fourth-order valence-corrected chi connectivity index (χ4v) is 1.96. The topological polar surface area (TPSA) is 125 Å². The second-order valence-corrected chi connectivity index (χ2v) is 4.28. The average molecular weight is 294 g/mol. The van der Waals surface area contributed by atoms with Crippen LogP contribution in [0.1, 0.15) is 18.2 Å². The minimum Gasteiger partial charge on any atom is -0.394 e. The molecule has 112 valence electrons. The van der Waals surface area contributed by atoms with Gasteiger partial charge in [0.1, 0.15) is 18.3 Å². The molecule has 4 N–H and O–H groups in total. The molecule has 0 aromatic carbocycles. The third-order valence-electron chi connectivity index (χ3n) is 3.02. The molecule has 1 aromatic rings. The number of hydrogen-bond acceptors (Lipinski definition) is 6. The maximum Gasteiger partial charge on any atom is 0.330 e. The van der Waals surface area contributed by atoms with Crippen LogP contribution in [0, 0.1) is 0 Å². The zero-order valence-corrected chi connectivity index (χ0v) is 9.94. The number of nitrogens with one attached hydrogen (secondary N) is 1. The largest absolute Gasteiger partial charge is 0.394 e. The normalized spacial score (nSPS) is 30.1. The van der Waals surface area contributed by atoms with E-state index in [9.17, 15) is 28.6 Å². The lowest BCUT2D eigenvalue weighted by atomic mass is 10.1. The Morgan fingerprint density at radius 1 is 1.35 bits per heavy atom. The van der Waals surface area contributed by atoms with Crippen molar-refractivity contribution >= 4 is 0 Å². The molecule has 2 heterocycles. The molecule has 1 fully saturated rings. The molecule has 20 heavy (non-hydrogen) atoms. The predicted octanol–water partition coefficient (Wildman–Crippen LogP) is -1.91. The fraction of sp³-hybridized carbons (Fsp3) is 0.600. The number of nitrogens with zero attached hydrogens (tertiary/aromatic N) is 1. The average Bonchev–Trinajstić information content (AvgIpc) is 2.66. The highest BCUT2D eigenvalue weighted by Crippen LogP contribution is 2.28. The van der Waals surface area contributed by atoms with Crippen molar-refractivity contribution in [2.45, 2.75) is 31.0 Å². The summed E-state index contributed by atoms with van der Waals surface area (Å²) in [6.45, 7) is -0.630. The maximum absolute atomic E-state index is 12.6. The first-order valence-corrected chi connectivity index (χ1v) is 5.62. The van der Waals surface area contributed by atoms with Crippen molar-refractivity contribution in [1.29, 1.82) is 0 Å². The van der Waals surface area contributed by atoms with Crippen LogP contribution >= 0.6 is 0 Å². The van der Waals surface area contributed by atoms with Crippen molar-refractivity contribution in [2.75, 3.05) is 6.61 Å². The van der Waals surface area contributed by atoms with Crippen LogP contribution in [0.2, 0.25) is 0 Å². The third kappa shape index (κ3) is 2.38. The molecule has 0 spiro atoms. The zero-order chi connectivity index (χ0) is 15.0. The molecule has 10 heteroatoms. The lowest BCUT2D eigenvalue weighted by Gasteiger charge is -2.17. The Morgan fingerprint density at radius 2 is 2.00 bits per heavy atom. The van der Waals surface area contributed by atoms with E-state index in [0.29, 0.717) is 10.8 Å². The first kappa shape index (κ1) is 14.8. The quantitative estimate of drug-likeness (QED) is 0.515. The Bertz CT molecular complexity index is 600. The minimum atomic E-state index is -3.12. The molecule has 1 aromatic heterocycles. The Morgan fingerprint density at radius 3 is 2.50 bits per heavy atom. The van der Waals surface area contributed by atoms with Crippen molar-refractivity contribution in [1.82, 2.24) is 9.55 Å². The molecule has 1 unspecified atom stereocenters. The van der Waals surface area contributed by atoms with Crippen LogP contribution < -0.4 is 11.2 Å². The summed E-state index contributed by atoms with van der Waals surface area (Å²) < 4.78 is 30.8. The molecular formula is C10H12F2N2O6. The lowest BCUT2D eigenvalue weighted by molar-refractivity contribution is -0.0554. The number of halogens is 2. The SMILES string of the molecule is O=c1[nH]c(=O)n([C@@H]2O[C@H](CO)C(O)[C@@H]2O)cc1C(F)F. The van der Waals surface area contributed by atoms with Gasteiger partial charge in [-0.2, -0.15) is 0 Å². The van der Waals surface area contributed by atoms with E-state index in [1.807, 2.05) is 0 Å². The second-order valence-electron chi connectivity index (χ2n) is 4.28. The van der Waals surface area contributed by atoms with Crippen molar-refractivity contribution < 1.29 is 28.8 Å². The summed E-state index contributed by atoms with van der Waals surface area (Å²) in [6, 6.07) is 0. The van der Waals surface area contributed by atoms with E-state index in [-0.39, 0.29) is 0 Å². The Kier molecular flexibility index (Phi) is 3.99. The smallest absolute Gasteiger partial charge is 0.330 e. The van der Waals surface area contributed by atoms with E-state index in [4.69, 9.17) is 9.84 Å². The fourth-order valence-electron chi connectivity index (χ4n) is 1.96. The van der Waals surface area contributed by atoms with Gasteiger partial charge in [-0.1, -0.05) is 0 Å². The Labute approximate surface area is 109 Å². The summed E-state index contributed by atoms with van der Waals surface area (Å²) in [4.78, 5) is 24.4. The molecule has 0 radical (unpaired) electrons. The van der Waals surface area contributed by atoms with Crippen LogP contribution in [0.5, 0.6) is 0 Å². The van der Waals surface area contributed by atoms with Crippen molar-refractivity contribution in [3.8, 4) is 0 Å². The number of aliphatic hydroxyl groups is 3. The maximum atomic E-state index is 12.6. The van der Waals surface area contributed by atoms with Crippen LogP contribution in [-0.2, 0) is 4.74 Å². The summed E-state index contributed by atoms with van der Waals surface area (Å²) in [6.07, 6.45) is -8.30. The second kappa shape index (κ2) is 5.40. The van der Waals surface area contributed by atoms with Crippen LogP contribution in [0.4, 0.5) is 8.78 Å². The van der Waals surface area contributed by atoms with E-state index < -0.39 is 54.4 Å². The van der Waals surface area contributed by atoms with Crippen molar-refractivity contribution in [3.63, 3.8) is 0 Å². The lowest BCUT2D eigenvalue weighted by Crippen LogP contribution is -2.39. The van der Waals surface area contributed by atoms with Gasteiger partial charge in [-0.15, -0.1) is 0 Å². The predicted molar refractivity (Wildman–Crippen MR) is 59.3 cm³/mol. The molecule has 2 rings (SSSR count). The summed E-state index contributed by atoms with van der Waals surface area (Å²) in [5.41, 5.74) is -3.29. The van der Waals surface area contributed by atoms with Crippen LogP contribution in [0.3, 0.4) is 0 Å². The van der Waals surface area contributed by atoms with Gasteiger partial charge in [-0.05, 0) is 0 Å². The number of alkyl halides is 2.